The number of rotatable bonds is 2. The molecule has 15 heavy (non-hydrogen) atoms. The molecule has 82 valence electrons. The monoisotopic (exact) mass is 212 g/mol. The van der Waals surface area contributed by atoms with Crippen LogP contribution < -0.4 is 5.73 Å². The average molecular weight is 212 g/mol. The molecular formula is C11H14F2N2. The fourth-order valence-corrected chi connectivity index (χ4v) is 2.53. The predicted molar refractivity (Wildman–Crippen MR) is 53.4 cm³/mol. The highest BCUT2D eigenvalue weighted by molar-refractivity contribution is 5.28. The van der Waals surface area contributed by atoms with E-state index in [-0.39, 0.29) is 5.56 Å². The Kier molecular flexibility index (Phi) is 2.69. The fourth-order valence-electron chi connectivity index (χ4n) is 2.53. The first-order valence-electron chi connectivity index (χ1n) is 5.19. The first-order chi connectivity index (χ1) is 7.19. The molecule has 4 heteroatoms. The minimum absolute atomic E-state index is 0.137. The molecule has 0 bridgehead atoms. The van der Waals surface area contributed by atoms with E-state index in [1.165, 1.54) is 0 Å². The van der Waals surface area contributed by atoms with Gasteiger partial charge in [-0.2, -0.15) is 0 Å². The summed E-state index contributed by atoms with van der Waals surface area (Å²) >= 11 is 0. The van der Waals surface area contributed by atoms with Gasteiger partial charge in [-0.25, -0.2) is 8.78 Å². The Morgan fingerprint density at radius 3 is 2.20 bits per heavy atom. The lowest BCUT2D eigenvalue weighted by atomic mass is 9.79. The topological polar surface area (TPSA) is 38.9 Å². The molecule has 0 radical (unpaired) electrons. The highest BCUT2D eigenvalue weighted by Gasteiger charge is 2.38. The normalized spacial score (nSPS) is 19.4. The summed E-state index contributed by atoms with van der Waals surface area (Å²) in [6.07, 6.45) is 5.63. The van der Waals surface area contributed by atoms with Crippen molar-refractivity contribution in [3.8, 4) is 0 Å². The van der Waals surface area contributed by atoms with Gasteiger partial charge in [-0.05, 0) is 12.8 Å². The molecule has 0 aromatic carbocycles. The van der Waals surface area contributed by atoms with E-state index in [2.05, 4.69) is 4.98 Å². The highest BCUT2D eigenvalue weighted by atomic mass is 19.1. The zero-order valence-corrected chi connectivity index (χ0v) is 8.47. The molecule has 2 rings (SSSR count). The van der Waals surface area contributed by atoms with Crippen LogP contribution in [-0.2, 0) is 5.41 Å². The zero-order chi connectivity index (χ0) is 10.9. The molecule has 1 aromatic heterocycles. The smallest absolute Gasteiger partial charge is 0.148 e. The van der Waals surface area contributed by atoms with Crippen molar-refractivity contribution in [2.45, 2.75) is 31.1 Å². The molecule has 1 fully saturated rings. The number of hydrogen-bond acceptors (Lipinski definition) is 2. The third kappa shape index (κ3) is 1.63. The van der Waals surface area contributed by atoms with Crippen LogP contribution in [-0.4, -0.2) is 11.5 Å². The minimum atomic E-state index is -0.567. The zero-order valence-electron chi connectivity index (χ0n) is 8.47. The van der Waals surface area contributed by atoms with Crippen molar-refractivity contribution >= 4 is 0 Å². The van der Waals surface area contributed by atoms with Gasteiger partial charge in [0.25, 0.3) is 0 Å². The van der Waals surface area contributed by atoms with Gasteiger partial charge in [0.15, 0.2) is 0 Å². The van der Waals surface area contributed by atoms with Crippen molar-refractivity contribution < 1.29 is 8.78 Å². The summed E-state index contributed by atoms with van der Waals surface area (Å²) in [7, 11) is 0. The standard InChI is InChI=1S/C11H14F2N2/c12-8-5-15-6-9(13)10(8)11(7-14)3-1-2-4-11/h5-6H,1-4,7,14H2. The van der Waals surface area contributed by atoms with Crippen LogP contribution in [0.5, 0.6) is 0 Å². The summed E-state index contributed by atoms with van der Waals surface area (Å²) in [5.41, 5.74) is 5.32. The van der Waals surface area contributed by atoms with Gasteiger partial charge >= 0.3 is 0 Å². The second kappa shape index (κ2) is 3.85. The first kappa shape index (κ1) is 10.5. The molecule has 1 heterocycles. The minimum Gasteiger partial charge on any atom is -0.330 e. The quantitative estimate of drug-likeness (QED) is 0.815. The van der Waals surface area contributed by atoms with Crippen molar-refractivity contribution in [2.24, 2.45) is 5.73 Å². The highest BCUT2D eigenvalue weighted by Crippen LogP contribution is 2.42. The Hall–Kier alpha value is -1.03. The first-order valence-corrected chi connectivity index (χ1v) is 5.19. The lowest BCUT2D eigenvalue weighted by molar-refractivity contribution is 0.397. The number of halogens is 2. The maximum absolute atomic E-state index is 13.6. The van der Waals surface area contributed by atoms with E-state index in [9.17, 15) is 8.78 Å². The van der Waals surface area contributed by atoms with E-state index in [4.69, 9.17) is 5.73 Å². The van der Waals surface area contributed by atoms with Gasteiger partial charge in [0.05, 0.1) is 12.4 Å². The molecule has 0 spiro atoms. The average Bonchev–Trinajstić information content (AvgIpc) is 2.67. The van der Waals surface area contributed by atoms with Crippen molar-refractivity contribution in [2.75, 3.05) is 6.54 Å². The molecule has 1 aliphatic rings. The second-order valence-electron chi connectivity index (χ2n) is 4.17. The lowest BCUT2D eigenvalue weighted by Gasteiger charge is -2.28. The van der Waals surface area contributed by atoms with Crippen LogP contribution in [0.1, 0.15) is 31.2 Å². The molecule has 0 atom stereocenters. The van der Waals surface area contributed by atoms with E-state index in [0.29, 0.717) is 6.54 Å². The largest absolute Gasteiger partial charge is 0.330 e. The van der Waals surface area contributed by atoms with Crippen LogP contribution in [0, 0.1) is 11.6 Å². The van der Waals surface area contributed by atoms with Gasteiger partial charge in [0.1, 0.15) is 11.6 Å². The van der Waals surface area contributed by atoms with E-state index >= 15 is 0 Å². The van der Waals surface area contributed by atoms with E-state index in [0.717, 1.165) is 38.1 Å². The number of aromatic nitrogens is 1. The summed E-state index contributed by atoms with van der Waals surface area (Å²) in [5, 5.41) is 0. The van der Waals surface area contributed by atoms with Crippen LogP contribution in [0.15, 0.2) is 12.4 Å². The Bertz CT molecular complexity index is 339. The number of pyridine rings is 1. The van der Waals surface area contributed by atoms with Crippen molar-refractivity contribution in [1.29, 1.82) is 0 Å². The van der Waals surface area contributed by atoms with Crippen molar-refractivity contribution in [3.63, 3.8) is 0 Å². The van der Waals surface area contributed by atoms with Crippen LogP contribution in [0.4, 0.5) is 8.78 Å². The summed E-state index contributed by atoms with van der Waals surface area (Å²) in [6, 6.07) is 0. The third-order valence-corrected chi connectivity index (χ3v) is 3.34. The molecule has 1 aliphatic carbocycles. The van der Waals surface area contributed by atoms with Crippen molar-refractivity contribution in [3.05, 3.63) is 29.6 Å². The van der Waals surface area contributed by atoms with Crippen LogP contribution in [0.2, 0.25) is 0 Å². The third-order valence-electron chi connectivity index (χ3n) is 3.34. The van der Waals surface area contributed by atoms with Gasteiger partial charge in [-0.1, -0.05) is 12.8 Å². The number of hydrogen-bond donors (Lipinski definition) is 1. The predicted octanol–water partition coefficient (Wildman–Crippen LogP) is 2.13. The molecule has 2 nitrogen and oxygen atoms in total. The second-order valence-corrected chi connectivity index (χ2v) is 4.17. The van der Waals surface area contributed by atoms with E-state index in [1.807, 2.05) is 0 Å². The summed E-state index contributed by atoms with van der Waals surface area (Å²) in [4.78, 5) is 3.49. The molecule has 0 saturated heterocycles. The molecule has 2 N–H and O–H groups in total. The molecule has 0 aliphatic heterocycles. The molecule has 0 amide bonds. The number of nitrogens with zero attached hydrogens (tertiary/aromatic N) is 1. The Morgan fingerprint density at radius 1 is 1.20 bits per heavy atom. The van der Waals surface area contributed by atoms with Crippen LogP contribution in [0.3, 0.4) is 0 Å². The fraction of sp³-hybridized carbons (Fsp3) is 0.545. The SMILES string of the molecule is NCC1(c2c(F)cncc2F)CCCC1. The maximum Gasteiger partial charge on any atom is 0.148 e. The van der Waals surface area contributed by atoms with Gasteiger partial charge < -0.3 is 5.73 Å². The van der Waals surface area contributed by atoms with E-state index in [1.54, 1.807) is 0 Å². The van der Waals surface area contributed by atoms with Crippen LogP contribution >= 0.6 is 0 Å². The molecular weight excluding hydrogens is 198 g/mol. The summed E-state index contributed by atoms with van der Waals surface area (Å²) in [5.74, 6) is -1.13. The molecule has 1 aromatic rings. The van der Waals surface area contributed by atoms with Gasteiger partial charge in [0.2, 0.25) is 0 Å². The van der Waals surface area contributed by atoms with E-state index < -0.39 is 17.0 Å². The van der Waals surface area contributed by atoms with Gasteiger partial charge in [-0.3, -0.25) is 4.98 Å². The molecule has 1 saturated carbocycles. The lowest BCUT2D eigenvalue weighted by Crippen LogP contribution is -2.34. The molecule has 0 unspecified atom stereocenters. The van der Waals surface area contributed by atoms with Crippen LogP contribution in [0.25, 0.3) is 0 Å². The Balaban J connectivity index is 2.51. The number of nitrogens with two attached hydrogens (primary N) is 1. The maximum atomic E-state index is 13.6. The van der Waals surface area contributed by atoms with Gasteiger partial charge in [-0.15, -0.1) is 0 Å². The summed E-state index contributed by atoms with van der Waals surface area (Å²) in [6.45, 7) is 0.296. The van der Waals surface area contributed by atoms with Crippen molar-refractivity contribution in [1.82, 2.24) is 4.98 Å². The Labute approximate surface area is 87.5 Å². The Morgan fingerprint density at radius 2 is 1.73 bits per heavy atom. The van der Waals surface area contributed by atoms with Gasteiger partial charge in [0, 0.05) is 17.5 Å². The summed E-state index contributed by atoms with van der Waals surface area (Å²) < 4.78 is 27.2.